The maximum Gasteiger partial charge on any atom is 0.416 e. The first kappa shape index (κ1) is 24.7. The van der Waals surface area contributed by atoms with Crippen molar-refractivity contribution in [3.63, 3.8) is 0 Å². The van der Waals surface area contributed by atoms with Crippen LogP contribution in [0.25, 0.3) is 0 Å². The smallest absolute Gasteiger partial charge is 0.416 e. The van der Waals surface area contributed by atoms with Crippen LogP contribution in [0.4, 0.5) is 10.6 Å². The maximum absolute atomic E-state index is 13.7. The topological polar surface area (TPSA) is 79.8 Å². The fourth-order valence-corrected chi connectivity index (χ4v) is 6.26. The van der Waals surface area contributed by atoms with Gasteiger partial charge in [-0.15, -0.1) is 0 Å². The van der Waals surface area contributed by atoms with Crippen molar-refractivity contribution in [2.24, 2.45) is 0 Å². The van der Waals surface area contributed by atoms with Crippen LogP contribution < -0.4 is 4.90 Å². The van der Waals surface area contributed by atoms with Crippen LogP contribution in [0.5, 0.6) is 0 Å². The number of nitrogens with zero attached hydrogens (tertiary/aromatic N) is 3. The molecule has 0 N–H and O–H groups in total. The number of piperidine rings is 1. The van der Waals surface area contributed by atoms with Crippen molar-refractivity contribution in [3.05, 3.63) is 53.7 Å². The van der Waals surface area contributed by atoms with E-state index < -0.39 is 27.8 Å². The average Bonchev–Trinajstić information content (AvgIpc) is 2.75. The number of carbonyl (C=O) groups is 1. The molecule has 8 heteroatoms. The summed E-state index contributed by atoms with van der Waals surface area (Å²) >= 11 is 0. The number of ether oxygens (including phenoxy) is 1. The highest BCUT2D eigenvalue weighted by atomic mass is 32.2. The molecule has 2 aliphatic rings. The summed E-state index contributed by atoms with van der Waals surface area (Å²) in [7, 11) is -3.71. The van der Waals surface area contributed by atoms with Crippen LogP contribution in [0.15, 0.2) is 47.5 Å². The lowest BCUT2D eigenvalue weighted by molar-refractivity contribution is 0.0547. The summed E-state index contributed by atoms with van der Waals surface area (Å²) in [5.41, 5.74) is 1.13. The van der Waals surface area contributed by atoms with E-state index in [0.29, 0.717) is 23.7 Å². The van der Waals surface area contributed by atoms with Gasteiger partial charge in [0.1, 0.15) is 11.4 Å². The van der Waals surface area contributed by atoms with Gasteiger partial charge in [-0.25, -0.2) is 18.2 Å². The Kier molecular flexibility index (Phi) is 7.01. The highest BCUT2D eigenvalue weighted by Crippen LogP contribution is 2.41. The van der Waals surface area contributed by atoms with Gasteiger partial charge in [-0.05, 0) is 78.0 Å². The molecule has 184 valence electrons. The number of carbonyl (C=O) groups excluding carboxylic acids is 1. The molecule has 2 heterocycles. The molecule has 1 aliphatic carbocycles. The third kappa shape index (κ3) is 5.13. The van der Waals surface area contributed by atoms with E-state index in [9.17, 15) is 13.2 Å². The first-order valence-electron chi connectivity index (χ1n) is 12.1. The Morgan fingerprint density at radius 3 is 2.38 bits per heavy atom. The Morgan fingerprint density at radius 2 is 1.76 bits per heavy atom. The maximum atomic E-state index is 13.7. The second kappa shape index (κ2) is 9.66. The van der Waals surface area contributed by atoms with Crippen LogP contribution in [-0.4, -0.2) is 42.0 Å². The molecule has 1 aromatic heterocycles. The second-order valence-electron chi connectivity index (χ2n) is 10.3. The van der Waals surface area contributed by atoms with Crippen LogP contribution >= 0.6 is 0 Å². The summed E-state index contributed by atoms with van der Waals surface area (Å²) < 4.78 is 34.7. The SMILES string of the molecule is Cc1ccc(S(=O)(=O)N2CCCC[C@@H]2c2cccnc2N(C(=O)OC(C)(C)C)C2CCC2)cc1. The lowest BCUT2D eigenvalue weighted by atomic mass is 9.90. The van der Waals surface area contributed by atoms with Crippen molar-refractivity contribution in [1.29, 1.82) is 0 Å². The van der Waals surface area contributed by atoms with Gasteiger partial charge in [-0.2, -0.15) is 4.31 Å². The van der Waals surface area contributed by atoms with Crippen molar-refractivity contribution < 1.29 is 17.9 Å². The number of sulfonamides is 1. The minimum atomic E-state index is -3.71. The number of hydrogen-bond acceptors (Lipinski definition) is 5. The van der Waals surface area contributed by atoms with Crippen molar-refractivity contribution >= 4 is 21.9 Å². The zero-order valence-electron chi connectivity index (χ0n) is 20.5. The van der Waals surface area contributed by atoms with Crippen molar-refractivity contribution in [2.45, 2.75) is 88.8 Å². The zero-order chi connectivity index (χ0) is 24.5. The molecular formula is C26H35N3O4S. The van der Waals surface area contributed by atoms with Crippen molar-refractivity contribution in [3.8, 4) is 0 Å². The van der Waals surface area contributed by atoms with E-state index in [1.54, 1.807) is 27.5 Å². The van der Waals surface area contributed by atoms with Crippen LogP contribution in [0.1, 0.15) is 76.5 Å². The molecule has 1 saturated heterocycles. The quantitative estimate of drug-likeness (QED) is 0.551. The molecule has 0 unspecified atom stereocenters. The number of benzene rings is 1. The van der Waals surface area contributed by atoms with E-state index in [-0.39, 0.29) is 6.04 Å². The summed E-state index contributed by atoms with van der Waals surface area (Å²) in [6.45, 7) is 7.92. The molecule has 2 fully saturated rings. The van der Waals surface area contributed by atoms with Gasteiger partial charge < -0.3 is 4.74 Å². The van der Waals surface area contributed by atoms with Crippen molar-refractivity contribution in [2.75, 3.05) is 11.4 Å². The fourth-order valence-electron chi connectivity index (χ4n) is 4.58. The van der Waals surface area contributed by atoms with Gasteiger partial charge in [-0.3, -0.25) is 4.90 Å². The fraction of sp³-hybridized carbons (Fsp3) is 0.538. The molecule has 1 amide bonds. The third-order valence-electron chi connectivity index (χ3n) is 6.52. The molecule has 1 aromatic carbocycles. The van der Waals surface area contributed by atoms with Gasteiger partial charge in [-0.1, -0.05) is 30.2 Å². The van der Waals surface area contributed by atoms with Gasteiger partial charge >= 0.3 is 6.09 Å². The Hall–Kier alpha value is -2.45. The first-order chi connectivity index (χ1) is 16.1. The Balaban J connectivity index is 1.74. The Morgan fingerprint density at radius 1 is 1.06 bits per heavy atom. The molecule has 34 heavy (non-hydrogen) atoms. The predicted molar refractivity (Wildman–Crippen MR) is 132 cm³/mol. The predicted octanol–water partition coefficient (Wildman–Crippen LogP) is 5.60. The van der Waals surface area contributed by atoms with Gasteiger partial charge in [0.2, 0.25) is 10.0 Å². The normalized spacial score (nSPS) is 19.9. The number of hydrogen-bond donors (Lipinski definition) is 0. The molecule has 1 atom stereocenters. The minimum absolute atomic E-state index is 0.00856. The molecule has 1 saturated carbocycles. The summed E-state index contributed by atoms with van der Waals surface area (Å²) in [5, 5.41) is 0. The Bertz CT molecular complexity index is 1120. The summed E-state index contributed by atoms with van der Waals surface area (Å²) in [4.78, 5) is 19.9. The van der Waals surface area contributed by atoms with E-state index in [1.807, 2.05) is 52.0 Å². The summed E-state index contributed by atoms with van der Waals surface area (Å²) in [6, 6.07) is 10.3. The van der Waals surface area contributed by atoms with Crippen LogP contribution in [-0.2, 0) is 14.8 Å². The van der Waals surface area contributed by atoms with Gasteiger partial charge in [0.05, 0.1) is 10.9 Å². The lowest BCUT2D eigenvalue weighted by Crippen LogP contribution is -2.48. The minimum Gasteiger partial charge on any atom is -0.443 e. The second-order valence-corrected chi connectivity index (χ2v) is 12.2. The molecule has 0 radical (unpaired) electrons. The number of aromatic nitrogens is 1. The largest absolute Gasteiger partial charge is 0.443 e. The average molecular weight is 486 g/mol. The van der Waals surface area contributed by atoms with Gasteiger partial charge in [0, 0.05) is 24.3 Å². The zero-order valence-corrected chi connectivity index (χ0v) is 21.3. The third-order valence-corrected chi connectivity index (χ3v) is 8.44. The van der Waals surface area contributed by atoms with Crippen LogP contribution in [0.3, 0.4) is 0 Å². The van der Waals surface area contributed by atoms with E-state index in [4.69, 9.17) is 4.74 Å². The van der Waals surface area contributed by atoms with Crippen LogP contribution in [0, 0.1) is 6.92 Å². The molecule has 0 bridgehead atoms. The summed E-state index contributed by atoms with van der Waals surface area (Å²) in [5.74, 6) is 0.512. The standard InChI is InChI=1S/C26H35N3O4S/c1-19-13-15-21(16-14-19)34(31,32)28-18-6-5-12-23(28)22-11-8-17-27-24(22)29(20-9-7-10-20)25(30)33-26(2,3)4/h8,11,13-17,20,23H,5-7,9-10,12,18H2,1-4H3/t23-/m1/s1. The molecule has 2 aromatic rings. The number of rotatable bonds is 5. The molecular weight excluding hydrogens is 450 g/mol. The Labute approximate surface area is 203 Å². The van der Waals surface area contributed by atoms with Crippen LogP contribution in [0.2, 0.25) is 0 Å². The first-order valence-corrected chi connectivity index (χ1v) is 13.6. The number of aryl methyl sites for hydroxylation is 1. The van der Waals surface area contributed by atoms with Gasteiger partial charge in [0.25, 0.3) is 0 Å². The number of anilines is 1. The molecule has 7 nitrogen and oxygen atoms in total. The molecule has 1 aliphatic heterocycles. The van der Waals surface area contributed by atoms with E-state index in [1.165, 1.54) is 0 Å². The van der Waals surface area contributed by atoms with Crippen molar-refractivity contribution in [1.82, 2.24) is 9.29 Å². The summed E-state index contributed by atoms with van der Waals surface area (Å²) in [6.07, 6.45) is 6.43. The van der Waals surface area contributed by atoms with E-state index in [0.717, 1.165) is 43.2 Å². The van der Waals surface area contributed by atoms with E-state index in [2.05, 4.69) is 4.98 Å². The lowest BCUT2D eigenvalue weighted by Gasteiger charge is -2.40. The highest BCUT2D eigenvalue weighted by Gasteiger charge is 2.40. The van der Waals surface area contributed by atoms with E-state index >= 15 is 0 Å². The number of amides is 1. The van der Waals surface area contributed by atoms with Gasteiger partial charge in [0.15, 0.2) is 0 Å². The molecule has 0 spiro atoms. The highest BCUT2D eigenvalue weighted by molar-refractivity contribution is 7.89. The monoisotopic (exact) mass is 485 g/mol. The number of pyridine rings is 1. The molecule has 4 rings (SSSR count).